The van der Waals surface area contributed by atoms with Crippen LogP contribution in [0.15, 0.2) is 6.07 Å². The van der Waals surface area contributed by atoms with E-state index in [0.29, 0.717) is 12.5 Å². The van der Waals surface area contributed by atoms with Crippen LogP contribution in [0.4, 0.5) is 4.79 Å². The molecule has 0 bridgehead atoms. The van der Waals surface area contributed by atoms with E-state index in [1.165, 1.54) is 18.5 Å². The molecule has 1 aromatic heterocycles. The molecule has 2 rings (SSSR count). The van der Waals surface area contributed by atoms with Crippen LogP contribution in [0.2, 0.25) is 0 Å². The maximum absolute atomic E-state index is 11.6. The minimum absolute atomic E-state index is 0.332. The third kappa shape index (κ3) is 6.15. The summed E-state index contributed by atoms with van der Waals surface area (Å²) in [6.45, 7) is 14.5. The Hall–Kier alpha value is -1.56. The van der Waals surface area contributed by atoms with Gasteiger partial charge in [-0.25, -0.2) is 4.79 Å². The average Bonchev–Trinajstić information content (AvgIpc) is 2.77. The largest absolute Gasteiger partial charge is 0.444 e. The van der Waals surface area contributed by atoms with Gasteiger partial charge in [-0.05, 0) is 72.5 Å². The molecule has 0 aromatic carbocycles. The highest BCUT2D eigenvalue weighted by atomic mass is 16.6. The molecule has 24 heavy (non-hydrogen) atoms. The van der Waals surface area contributed by atoms with Crippen molar-refractivity contribution in [3.63, 3.8) is 0 Å². The van der Waals surface area contributed by atoms with Crippen molar-refractivity contribution < 1.29 is 9.53 Å². The van der Waals surface area contributed by atoms with Crippen molar-refractivity contribution in [3.05, 3.63) is 17.5 Å². The zero-order valence-corrected chi connectivity index (χ0v) is 15.8. The number of aryl methyl sites for hydroxylation is 2. The van der Waals surface area contributed by atoms with Crippen LogP contribution in [0.3, 0.4) is 0 Å². The predicted octanol–water partition coefficient (Wildman–Crippen LogP) is 2.74. The van der Waals surface area contributed by atoms with Gasteiger partial charge in [-0.1, -0.05) is 0 Å². The van der Waals surface area contributed by atoms with Crippen LogP contribution in [-0.2, 0) is 11.3 Å². The van der Waals surface area contributed by atoms with E-state index in [-0.39, 0.29) is 6.09 Å². The molecule has 1 saturated heterocycles. The Balaban J connectivity index is 1.64. The van der Waals surface area contributed by atoms with Crippen LogP contribution >= 0.6 is 0 Å². The van der Waals surface area contributed by atoms with Gasteiger partial charge in [0, 0.05) is 25.3 Å². The predicted molar refractivity (Wildman–Crippen MR) is 95.1 cm³/mol. The van der Waals surface area contributed by atoms with Gasteiger partial charge in [0.05, 0.1) is 5.69 Å². The van der Waals surface area contributed by atoms with Crippen molar-refractivity contribution in [3.8, 4) is 0 Å². The number of aromatic nitrogens is 2. The molecule has 0 spiro atoms. The van der Waals surface area contributed by atoms with E-state index in [2.05, 4.69) is 33.0 Å². The average molecular weight is 336 g/mol. The summed E-state index contributed by atoms with van der Waals surface area (Å²) in [5.74, 6) is 0.693. The number of nitrogens with zero attached hydrogens (tertiary/aromatic N) is 3. The molecule has 0 aliphatic carbocycles. The highest BCUT2D eigenvalue weighted by Gasteiger charge is 2.21. The van der Waals surface area contributed by atoms with Crippen LogP contribution in [0.25, 0.3) is 0 Å². The molecule has 0 saturated carbocycles. The Morgan fingerprint density at radius 1 is 1.33 bits per heavy atom. The first-order valence-electron chi connectivity index (χ1n) is 8.93. The lowest BCUT2D eigenvalue weighted by Gasteiger charge is -2.32. The second kappa shape index (κ2) is 8.01. The molecule has 0 unspecified atom stereocenters. The molecule has 0 radical (unpaired) electrons. The normalized spacial score (nSPS) is 17.0. The number of carbonyl (C=O) groups is 1. The smallest absolute Gasteiger partial charge is 0.407 e. The Labute approximate surface area is 145 Å². The fraction of sp³-hybridized carbons (Fsp3) is 0.778. The van der Waals surface area contributed by atoms with Crippen molar-refractivity contribution in [2.24, 2.45) is 5.92 Å². The van der Waals surface area contributed by atoms with Gasteiger partial charge in [0.25, 0.3) is 0 Å². The number of likely N-dealkylation sites (tertiary alicyclic amines) is 1. The minimum atomic E-state index is -0.439. The van der Waals surface area contributed by atoms with Crippen LogP contribution in [0, 0.1) is 19.8 Å². The molecule has 1 N–H and O–H groups in total. The molecule has 2 heterocycles. The number of carbonyl (C=O) groups excluding carboxylic acids is 1. The number of hydrogen-bond acceptors (Lipinski definition) is 4. The first kappa shape index (κ1) is 18.8. The van der Waals surface area contributed by atoms with Gasteiger partial charge in [-0.2, -0.15) is 5.10 Å². The van der Waals surface area contributed by atoms with E-state index in [1.54, 1.807) is 0 Å². The Bertz CT molecular complexity index is 540. The van der Waals surface area contributed by atoms with Gasteiger partial charge in [0.15, 0.2) is 0 Å². The SMILES string of the molecule is Cc1cc(C)n(CC2CCN(CCNC(=O)OC(C)(C)C)CC2)n1. The number of nitrogens with one attached hydrogen (secondary N) is 1. The zero-order valence-electron chi connectivity index (χ0n) is 15.8. The summed E-state index contributed by atoms with van der Waals surface area (Å²) < 4.78 is 7.38. The summed E-state index contributed by atoms with van der Waals surface area (Å²) in [5.41, 5.74) is 1.90. The highest BCUT2D eigenvalue weighted by Crippen LogP contribution is 2.19. The topological polar surface area (TPSA) is 59.4 Å². The van der Waals surface area contributed by atoms with Crippen molar-refractivity contribution >= 4 is 6.09 Å². The molecule has 6 nitrogen and oxygen atoms in total. The molecule has 1 aliphatic heterocycles. The fourth-order valence-electron chi connectivity index (χ4n) is 3.13. The van der Waals surface area contributed by atoms with Gasteiger partial charge in [0.1, 0.15) is 5.60 Å². The lowest BCUT2D eigenvalue weighted by Crippen LogP contribution is -2.41. The molecule has 0 atom stereocenters. The van der Waals surface area contributed by atoms with E-state index >= 15 is 0 Å². The summed E-state index contributed by atoms with van der Waals surface area (Å²) in [5, 5.41) is 7.39. The quantitative estimate of drug-likeness (QED) is 0.898. The maximum Gasteiger partial charge on any atom is 0.407 e. The highest BCUT2D eigenvalue weighted by molar-refractivity contribution is 5.67. The van der Waals surface area contributed by atoms with E-state index in [1.807, 2.05) is 27.7 Å². The van der Waals surface area contributed by atoms with Crippen molar-refractivity contribution in [1.29, 1.82) is 0 Å². The van der Waals surface area contributed by atoms with Crippen molar-refractivity contribution in [2.75, 3.05) is 26.2 Å². The summed E-state index contributed by atoms with van der Waals surface area (Å²) in [6.07, 6.45) is 2.04. The number of amides is 1. The number of rotatable bonds is 5. The summed E-state index contributed by atoms with van der Waals surface area (Å²) in [4.78, 5) is 14.0. The molecule has 136 valence electrons. The van der Waals surface area contributed by atoms with Gasteiger partial charge >= 0.3 is 6.09 Å². The maximum atomic E-state index is 11.6. The first-order chi connectivity index (χ1) is 11.2. The molecule has 1 aromatic rings. The van der Waals surface area contributed by atoms with Gasteiger partial charge in [-0.15, -0.1) is 0 Å². The monoisotopic (exact) mass is 336 g/mol. The minimum Gasteiger partial charge on any atom is -0.444 e. The number of alkyl carbamates (subject to hydrolysis) is 1. The number of piperidine rings is 1. The number of ether oxygens (including phenoxy) is 1. The summed E-state index contributed by atoms with van der Waals surface area (Å²) in [7, 11) is 0. The second-order valence-corrected chi connectivity index (χ2v) is 7.82. The van der Waals surface area contributed by atoms with E-state index in [9.17, 15) is 4.79 Å². The third-order valence-electron chi connectivity index (χ3n) is 4.34. The fourth-order valence-corrected chi connectivity index (χ4v) is 3.13. The Morgan fingerprint density at radius 2 is 2.00 bits per heavy atom. The number of hydrogen-bond donors (Lipinski definition) is 1. The molecular formula is C18H32N4O2. The van der Waals surface area contributed by atoms with Crippen LogP contribution < -0.4 is 5.32 Å². The van der Waals surface area contributed by atoms with Crippen LogP contribution in [0.1, 0.15) is 45.0 Å². The van der Waals surface area contributed by atoms with Gasteiger partial charge in [0.2, 0.25) is 0 Å². The van der Waals surface area contributed by atoms with Crippen molar-refractivity contribution in [2.45, 2.75) is 59.6 Å². The van der Waals surface area contributed by atoms with E-state index < -0.39 is 5.60 Å². The summed E-state index contributed by atoms with van der Waals surface area (Å²) >= 11 is 0. The lowest BCUT2D eigenvalue weighted by atomic mass is 9.97. The summed E-state index contributed by atoms with van der Waals surface area (Å²) in [6, 6.07) is 2.14. The standard InChI is InChI=1S/C18H32N4O2/c1-14-12-15(2)22(20-14)13-16-6-9-21(10-7-16)11-8-19-17(23)24-18(3,4)5/h12,16H,6-11,13H2,1-5H3,(H,19,23). The van der Waals surface area contributed by atoms with Gasteiger partial charge in [-0.3, -0.25) is 4.68 Å². The molecule has 1 aliphatic rings. The van der Waals surface area contributed by atoms with Crippen LogP contribution in [0.5, 0.6) is 0 Å². The van der Waals surface area contributed by atoms with Gasteiger partial charge < -0.3 is 15.0 Å². The Morgan fingerprint density at radius 3 is 2.54 bits per heavy atom. The molecular weight excluding hydrogens is 304 g/mol. The molecule has 1 fully saturated rings. The Kier molecular flexibility index (Phi) is 6.27. The zero-order chi connectivity index (χ0) is 17.7. The first-order valence-corrected chi connectivity index (χ1v) is 8.93. The van der Waals surface area contributed by atoms with E-state index in [0.717, 1.165) is 31.9 Å². The lowest BCUT2D eigenvalue weighted by molar-refractivity contribution is 0.0518. The van der Waals surface area contributed by atoms with E-state index in [4.69, 9.17) is 4.74 Å². The van der Waals surface area contributed by atoms with Crippen molar-refractivity contribution in [1.82, 2.24) is 20.0 Å². The second-order valence-electron chi connectivity index (χ2n) is 7.82. The molecule has 6 heteroatoms. The third-order valence-corrected chi connectivity index (χ3v) is 4.34. The molecule has 1 amide bonds. The van der Waals surface area contributed by atoms with Crippen LogP contribution in [-0.4, -0.2) is 52.6 Å².